The molecule has 1 heterocycles. The van der Waals surface area contributed by atoms with Crippen molar-refractivity contribution in [3.05, 3.63) is 28.1 Å². The number of amides is 1. The van der Waals surface area contributed by atoms with Crippen molar-refractivity contribution >= 4 is 17.6 Å². The highest BCUT2D eigenvalue weighted by atomic mass is 16.6. The van der Waals surface area contributed by atoms with Crippen LogP contribution in [0.1, 0.15) is 17.4 Å². The number of nitrogens with zero attached hydrogens (tertiary/aromatic N) is 2. The standard InChI is InChI=1S/C9H11N3O5/c1-5(8(10)13)3-11-4-6(12(16)17)2-7(11)9(14)15/h2,4-5H,3H2,1H3,(H2,10,13)(H,14,15). The summed E-state index contributed by atoms with van der Waals surface area (Å²) in [5.74, 6) is -2.51. The molecular formula is C9H11N3O5. The van der Waals surface area contributed by atoms with E-state index in [1.807, 2.05) is 0 Å². The highest BCUT2D eigenvalue weighted by Crippen LogP contribution is 2.18. The van der Waals surface area contributed by atoms with Crippen molar-refractivity contribution < 1.29 is 19.6 Å². The third-order valence-electron chi connectivity index (χ3n) is 2.27. The van der Waals surface area contributed by atoms with E-state index >= 15 is 0 Å². The van der Waals surface area contributed by atoms with E-state index in [9.17, 15) is 19.7 Å². The molecule has 8 heteroatoms. The highest BCUT2D eigenvalue weighted by Gasteiger charge is 2.21. The Labute approximate surface area is 95.8 Å². The summed E-state index contributed by atoms with van der Waals surface area (Å²) in [5.41, 5.74) is 4.46. The van der Waals surface area contributed by atoms with Crippen LogP contribution in [0.25, 0.3) is 0 Å². The van der Waals surface area contributed by atoms with E-state index in [0.717, 1.165) is 16.8 Å². The maximum atomic E-state index is 10.9. The highest BCUT2D eigenvalue weighted by molar-refractivity contribution is 5.87. The molecule has 0 spiro atoms. The molecule has 1 amide bonds. The molecule has 8 nitrogen and oxygen atoms in total. The first-order chi connectivity index (χ1) is 7.82. The van der Waals surface area contributed by atoms with E-state index < -0.39 is 22.7 Å². The van der Waals surface area contributed by atoms with Crippen molar-refractivity contribution in [2.75, 3.05) is 0 Å². The van der Waals surface area contributed by atoms with Gasteiger partial charge in [-0.2, -0.15) is 0 Å². The van der Waals surface area contributed by atoms with Gasteiger partial charge in [0.15, 0.2) is 0 Å². The van der Waals surface area contributed by atoms with Crippen molar-refractivity contribution in [1.82, 2.24) is 4.57 Å². The van der Waals surface area contributed by atoms with Crippen LogP contribution in [0.3, 0.4) is 0 Å². The van der Waals surface area contributed by atoms with Crippen LogP contribution in [-0.4, -0.2) is 26.5 Å². The Kier molecular flexibility index (Phi) is 3.46. The molecule has 0 aliphatic rings. The quantitative estimate of drug-likeness (QED) is 0.562. The number of primary amides is 1. The molecule has 3 N–H and O–H groups in total. The number of aromatic nitrogens is 1. The lowest BCUT2D eigenvalue weighted by Crippen LogP contribution is -2.25. The minimum absolute atomic E-state index is 0.00912. The Hall–Kier alpha value is -2.38. The number of nitro groups is 1. The molecule has 0 bridgehead atoms. The third kappa shape index (κ3) is 2.80. The number of carbonyl (C=O) groups is 2. The summed E-state index contributed by atoms with van der Waals surface area (Å²) in [7, 11) is 0. The van der Waals surface area contributed by atoms with Gasteiger partial charge >= 0.3 is 5.97 Å². The number of carboxylic acid groups (broad SMARTS) is 1. The van der Waals surface area contributed by atoms with Crippen LogP contribution >= 0.6 is 0 Å². The normalized spacial score (nSPS) is 12.1. The monoisotopic (exact) mass is 241 g/mol. The molecule has 0 aliphatic carbocycles. The zero-order chi connectivity index (χ0) is 13.2. The minimum atomic E-state index is -1.30. The second-order valence-corrected chi connectivity index (χ2v) is 3.60. The van der Waals surface area contributed by atoms with Crippen LogP contribution in [0.4, 0.5) is 5.69 Å². The maximum Gasteiger partial charge on any atom is 0.352 e. The van der Waals surface area contributed by atoms with Crippen LogP contribution in [0.2, 0.25) is 0 Å². The lowest BCUT2D eigenvalue weighted by Gasteiger charge is -2.09. The Morgan fingerprint density at radius 1 is 1.65 bits per heavy atom. The number of rotatable bonds is 5. The molecular weight excluding hydrogens is 230 g/mol. The van der Waals surface area contributed by atoms with Crippen molar-refractivity contribution in [3.8, 4) is 0 Å². The van der Waals surface area contributed by atoms with Gasteiger partial charge in [-0.05, 0) is 0 Å². The number of carbonyl (C=O) groups excluding carboxylic acids is 1. The van der Waals surface area contributed by atoms with Gasteiger partial charge in [0.25, 0.3) is 5.69 Å². The molecule has 1 rings (SSSR count). The summed E-state index contributed by atoms with van der Waals surface area (Å²) >= 11 is 0. The molecule has 0 saturated carbocycles. The average molecular weight is 241 g/mol. The molecule has 1 aromatic heterocycles. The molecule has 1 atom stereocenters. The zero-order valence-corrected chi connectivity index (χ0v) is 8.99. The van der Waals surface area contributed by atoms with Crippen LogP contribution in [0.15, 0.2) is 12.3 Å². The average Bonchev–Trinajstić information content (AvgIpc) is 2.61. The van der Waals surface area contributed by atoms with E-state index in [1.54, 1.807) is 0 Å². The van der Waals surface area contributed by atoms with Gasteiger partial charge in [-0.15, -0.1) is 0 Å². The zero-order valence-electron chi connectivity index (χ0n) is 8.99. The van der Waals surface area contributed by atoms with Gasteiger partial charge in [-0.25, -0.2) is 4.79 Å². The first kappa shape index (κ1) is 12.7. The number of nitrogens with two attached hydrogens (primary N) is 1. The Morgan fingerprint density at radius 2 is 2.24 bits per heavy atom. The van der Waals surface area contributed by atoms with E-state index in [1.165, 1.54) is 6.92 Å². The Bertz CT molecular complexity index is 479. The van der Waals surface area contributed by atoms with Crippen molar-refractivity contribution in [1.29, 1.82) is 0 Å². The number of hydrogen-bond acceptors (Lipinski definition) is 4. The lowest BCUT2D eigenvalue weighted by atomic mass is 10.1. The summed E-state index contributed by atoms with van der Waals surface area (Å²) in [6.07, 6.45) is 1.07. The second kappa shape index (κ2) is 4.64. The molecule has 0 aliphatic heterocycles. The van der Waals surface area contributed by atoms with E-state index in [4.69, 9.17) is 10.8 Å². The number of carboxylic acids is 1. The molecule has 1 unspecified atom stereocenters. The fourth-order valence-corrected chi connectivity index (χ4v) is 1.31. The van der Waals surface area contributed by atoms with Gasteiger partial charge in [0.05, 0.1) is 17.0 Å². The fraction of sp³-hybridized carbons (Fsp3) is 0.333. The van der Waals surface area contributed by atoms with Crippen LogP contribution in [0, 0.1) is 16.0 Å². The largest absolute Gasteiger partial charge is 0.477 e. The van der Waals surface area contributed by atoms with Crippen LogP contribution < -0.4 is 5.73 Å². The summed E-state index contributed by atoms with van der Waals surface area (Å²) in [4.78, 5) is 31.5. The van der Waals surface area contributed by atoms with Gasteiger partial charge in [0, 0.05) is 12.6 Å². The summed E-state index contributed by atoms with van der Waals surface area (Å²) in [6, 6.07) is 0.941. The number of hydrogen-bond donors (Lipinski definition) is 2. The van der Waals surface area contributed by atoms with E-state index in [2.05, 4.69) is 0 Å². The third-order valence-corrected chi connectivity index (χ3v) is 2.27. The van der Waals surface area contributed by atoms with Gasteiger partial charge in [0.2, 0.25) is 5.91 Å². The minimum Gasteiger partial charge on any atom is -0.477 e. The number of aromatic carboxylic acids is 1. The van der Waals surface area contributed by atoms with Crippen molar-refractivity contribution in [3.63, 3.8) is 0 Å². The Balaban J connectivity index is 3.08. The molecule has 17 heavy (non-hydrogen) atoms. The van der Waals surface area contributed by atoms with Crippen LogP contribution in [-0.2, 0) is 11.3 Å². The summed E-state index contributed by atoms with van der Waals surface area (Å²) in [5, 5.41) is 19.4. The van der Waals surface area contributed by atoms with Crippen LogP contribution in [0.5, 0.6) is 0 Å². The summed E-state index contributed by atoms with van der Waals surface area (Å²) < 4.78 is 1.13. The lowest BCUT2D eigenvalue weighted by molar-refractivity contribution is -0.384. The maximum absolute atomic E-state index is 10.9. The van der Waals surface area contributed by atoms with Gasteiger partial charge < -0.3 is 15.4 Å². The van der Waals surface area contributed by atoms with E-state index in [-0.39, 0.29) is 17.9 Å². The van der Waals surface area contributed by atoms with Gasteiger partial charge in [-0.1, -0.05) is 6.92 Å². The van der Waals surface area contributed by atoms with Gasteiger partial charge in [-0.3, -0.25) is 14.9 Å². The molecule has 1 aromatic rings. The molecule has 0 saturated heterocycles. The topological polar surface area (TPSA) is 128 Å². The van der Waals surface area contributed by atoms with Crippen molar-refractivity contribution in [2.45, 2.75) is 13.5 Å². The SMILES string of the molecule is CC(Cn1cc([N+](=O)[O-])cc1C(=O)O)C(N)=O. The Morgan fingerprint density at radius 3 is 2.65 bits per heavy atom. The predicted octanol–water partition coefficient (Wildman–Crippen LogP) is 0.216. The molecule has 0 radical (unpaired) electrons. The summed E-state index contributed by atoms with van der Waals surface area (Å²) in [6.45, 7) is 1.50. The first-order valence-corrected chi connectivity index (χ1v) is 4.70. The van der Waals surface area contributed by atoms with Gasteiger partial charge in [0.1, 0.15) is 5.69 Å². The molecule has 0 fully saturated rings. The molecule has 0 aromatic carbocycles. The van der Waals surface area contributed by atoms with Crippen molar-refractivity contribution in [2.24, 2.45) is 11.7 Å². The fourth-order valence-electron chi connectivity index (χ4n) is 1.31. The van der Waals surface area contributed by atoms with E-state index in [0.29, 0.717) is 0 Å². The second-order valence-electron chi connectivity index (χ2n) is 3.60. The molecule has 92 valence electrons. The predicted molar refractivity (Wildman–Crippen MR) is 56.4 cm³/mol. The first-order valence-electron chi connectivity index (χ1n) is 4.70. The smallest absolute Gasteiger partial charge is 0.352 e.